The molecule has 5 nitrogen and oxygen atoms in total. The van der Waals surface area contributed by atoms with Crippen molar-refractivity contribution in [3.8, 4) is 0 Å². The molecule has 1 aromatic rings. The molecule has 2 heterocycles. The Hall–Kier alpha value is -0.860. The van der Waals surface area contributed by atoms with Crippen LogP contribution in [0.15, 0.2) is 29.3 Å². The van der Waals surface area contributed by atoms with Gasteiger partial charge in [0, 0.05) is 39.2 Å². The van der Waals surface area contributed by atoms with Crippen LogP contribution in [-0.4, -0.2) is 62.2 Å². The summed E-state index contributed by atoms with van der Waals surface area (Å²) >= 11 is 0. The van der Waals surface area contributed by atoms with E-state index in [4.69, 9.17) is 9.73 Å². The molecule has 2 saturated heterocycles. The van der Waals surface area contributed by atoms with Crippen molar-refractivity contribution in [3.05, 3.63) is 35.4 Å². The minimum atomic E-state index is 0. The van der Waals surface area contributed by atoms with Gasteiger partial charge in [-0.3, -0.25) is 4.90 Å². The highest BCUT2D eigenvalue weighted by molar-refractivity contribution is 14.0. The van der Waals surface area contributed by atoms with Gasteiger partial charge in [-0.15, -0.1) is 24.0 Å². The molecule has 0 amide bonds. The van der Waals surface area contributed by atoms with Gasteiger partial charge in [-0.25, -0.2) is 4.99 Å². The summed E-state index contributed by atoms with van der Waals surface area (Å²) < 4.78 is 5.33. The molecule has 0 radical (unpaired) electrons. The van der Waals surface area contributed by atoms with E-state index >= 15 is 0 Å². The normalized spacial score (nSPS) is 21.3. The number of ether oxygens (including phenoxy) is 1. The lowest BCUT2D eigenvalue weighted by Gasteiger charge is -2.30. The summed E-state index contributed by atoms with van der Waals surface area (Å²) in [5.41, 5.74) is 2.71. The number of guanidine groups is 1. The van der Waals surface area contributed by atoms with Crippen LogP contribution in [-0.2, 0) is 17.8 Å². The van der Waals surface area contributed by atoms with E-state index in [-0.39, 0.29) is 24.0 Å². The molecule has 0 aromatic heterocycles. The average molecular weight is 514 g/mol. The number of hydrogen-bond donors (Lipinski definition) is 1. The summed E-state index contributed by atoms with van der Waals surface area (Å²) in [5.74, 6) is 2.54. The molecule has 164 valence electrons. The number of methoxy groups -OCH3 is 1. The maximum absolute atomic E-state index is 5.33. The van der Waals surface area contributed by atoms with Gasteiger partial charge in [0.2, 0.25) is 0 Å². The van der Waals surface area contributed by atoms with Crippen LogP contribution >= 0.6 is 24.0 Å². The van der Waals surface area contributed by atoms with Crippen molar-refractivity contribution >= 4 is 29.9 Å². The highest BCUT2D eigenvalue weighted by Gasteiger charge is 2.24. The van der Waals surface area contributed by atoms with E-state index in [1.54, 1.807) is 7.11 Å². The Balaban J connectivity index is 0.00000300. The minimum Gasteiger partial charge on any atom is -0.384 e. The molecular formula is C23H39IN4O. The van der Waals surface area contributed by atoms with Crippen LogP contribution in [0.2, 0.25) is 0 Å². The van der Waals surface area contributed by atoms with Gasteiger partial charge in [0.05, 0.1) is 13.2 Å². The van der Waals surface area contributed by atoms with Gasteiger partial charge in [-0.05, 0) is 56.3 Å². The molecule has 6 heteroatoms. The Morgan fingerprint density at radius 2 is 1.93 bits per heavy atom. The van der Waals surface area contributed by atoms with Crippen LogP contribution in [0.5, 0.6) is 0 Å². The third-order valence-corrected chi connectivity index (χ3v) is 6.01. The van der Waals surface area contributed by atoms with E-state index in [1.165, 1.54) is 43.5 Å². The van der Waals surface area contributed by atoms with Crippen LogP contribution < -0.4 is 5.32 Å². The third kappa shape index (κ3) is 7.72. The topological polar surface area (TPSA) is 40.1 Å². The Morgan fingerprint density at radius 3 is 2.66 bits per heavy atom. The Kier molecular flexibility index (Phi) is 10.7. The van der Waals surface area contributed by atoms with Gasteiger partial charge < -0.3 is 15.0 Å². The highest BCUT2D eigenvalue weighted by Crippen LogP contribution is 2.19. The number of halogens is 1. The first-order valence-electron chi connectivity index (χ1n) is 11.0. The lowest BCUT2D eigenvalue weighted by atomic mass is 9.98. The summed E-state index contributed by atoms with van der Waals surface area (Å²) in [4.78, 5) is 9.91. The molecule has 0 aliphatic carbocycles. The zero-order valence-corrected chi connectivity index (χ0v) is 20.7. The van der Waals surface area contributed by atoms with Gasteiger partial charge in [-0.2, -0.15) is 0 Å². The van der Waals surface area contributed by atoms with Crippen molar-refractivity contribution in [1.29, 1.82) is 0 Å². The van der Waals surface area contributed by atoms with Gasteiger partial charge in [0.25, 0.3) is 0 Å². The van der Waals surface area contributed by atoms with Gasteiger partial charge in [-0.1, -0.05) is 31.2 Å². The first-order valence-corrected chi connectivity index (χ1v) is 11.0. The van der Waals surface area contributed by atoms with Crippen LogP contribution in [0.3, 0.4) is 0 Å². The summed E-state index contributed by atoms with van der Waals surface area (Å²) in [5, 5.41) is 3.47. The van der Waals surface area contributed by atoms with Crippen LogP contribution in [0.4, 0.5) is 0 Å². The van der Waals surface area contributed by atoms with Crippen molar-refractivity contribution in [1.82, 2.24) is 15.1 Å². The number of hydrogen-bond acceptors (Lipinski definition) is 3. The maximum atomic E-state index is 5.33. The zero-order valence-electron chi connectivity index (χ0n) is 18.4. The predicted octanol–water partition coefficient (Wildman–Crippen LogP) is 3.97. The fourth-order valence-corrected chi connectivity index (χ4v) is 4.29. The number of nitrogens with one attached hydrogen (secondary N) is 1. The summed E-state index contributed by atoms with van der Waals surface area (Å²) in [7, 11) is 1.79. The fraction of sp³-hybridized carbons (Fsp3) is 0.696. The SMILES string of the molecule is CCNC(=NCc1cccc(CN2CCC(C)CC2)c1)N1CCC(COC)C1.I. The number of likely N-dealkylation sites (tertiary alicyclic amines) is 2. The van der Waals surface area contributed by atoms with Crippen LogP contribution in [0, 0.1) is 11.8 Å². The number of piperidine rings is 1. The average Bonchev–Trinajstić information content (AvgIpc) is 3.16. The van der Waals surface area contributed by atoms with E-state index in [1.807, 2.05) is 0 Å². The second-order valence-electron chi connectivity index (χ2n) is 8.50. The monoisotopic (exact) mass is 514 g/mol. The summed E-state index contributed by atoms with van der Waals surface area (Å²) in [6, 6.07) is 8.98. The van der Waals surface area contributed by atoms with E-state index in [9.17, 15) is 0 Å². The quantitative estimate of drug-likeness (QED) is 0.340. The summed E-state index contributed by atoms with van der Waals surface area (Å²) in [6.45, 7) is 12.6. The fourth-order valence-electron chi connectivity index (χ4n) is 4.29. The smallest absolute Gasteiger partial charge is 0.194 e. The molecule has 0 saturated carbocycles. The molecule has 2 fully saturated rings. The first kappa shape index (κ1) is 24.4. The van der Waals surface area contributed by atoms with E-state index < -0.39 is 0 Å². The van der Waals surface area contributed by atoms with E-state index in [0.29, 0.717) is 5.92 Å². The number of rotatable bonds is 7. The number of aliphatic imine (C=N–C) groups is 1. The molecule has 0 spiro atoms. The lowest BCUT2D eigenvalue weighted by Crippen LogP contribution is -2.40. The van der Waals surface area contributed by atoms with Crippen molar-refractivity contribution in [2.75, 3.05) is 46.4 Å². The van der Waals surface area contributed by atoms with Crippen molar-refractivity contribution in [2.45, 2.75) is 46.2 Å². The molecule has 1 atom stereocenters. The second kappa shape index (κ2) is 12.7. The number of nitrogens with zero attached hydrogens (tertiary/aromatic N) is 3. The summed E-state index contributed by atoms with van der Waals surface area (Å²) in [6.07, 6.45) is 3.84. The maximum Gasteiger partial charge on any atom is 0.194 e. The largest absolute Gasteiger partial charge is 0.384 e. The second-order valence-corrected chi connectivity index (χ2v) is 8.50. The van der Waals surface area contributed by atoms with Crippen molar-refractivity contribution in [2.24, 2.45) is 16.8 Å². The molecule has 2 aliphatic rings. The minimum absolute atomic E-state index is 0. The molecule has 29 heavy (non-hydrogen) atoms. The molecule has 1 aromatic carbocycles. The van der Waals surface area contributed by atoms with Gasteiger partial charge in [0.1, 0.15) is 0 Å². The van der Waals surface area contributed by atoms with Crippen LogP contribution in [0.1, 0.15) is 44.2 Å². The van der Waals surface area contributed by atoms with Crippen molar-refractivity contribution in [3.63, 3.8) is 0 Å². The van der Waals surface area contributed by atoms with E-state index in [0.717, 1.165) is 51.2 Å². The Bertz CT molecular complexity index is 631. The first-order chi connectivity index (χ1) is 13.7. The molecule has 2 aliphatic heterocycles. The van der Waals surface area contributed by atoms with Gasteiger partial charge >= 0.3 is 0 Å². The standard InChI is InChI=1S/C23H38N4O.HI/c1-4-24-23(27-13-10-22(17-27)18-28-3)25-15-20-6-5-7-21(14-20)16-26-11-8-19(2)9-12-26;/h5-7,14,19,22H,4,8-13,15-18H2,1-3H3,(H,24,25);1H. The molecule has 1 N–H and O–H groups in total. The molecule has 3 rings (SSSR count). The molecular weight excluding hydrogens is 475 g/mol. The Morgan fingerprint density at radius 1 is 1.17 bits per heavy atom. The molecule has 1 unspecified atom stereocenters. The van der Waals surface area contributed by atoms with Crippen molar-refractivity contribution < 1.29 is 4.74 Å². The highest BCUT2D eigenvalue weighted by atomic mass is 127. The zero-order chi connectivity index (χ0) is 19.8. The predicted molar refractivity (Wildman–Crippen MR) is 132 cm³/mol. The van der Waals surface area contributed by atoms with Crippen LogP contribution in [0.25, 0.3) is 0 Å². The Labute approximate surface area is 194 Å². The molecule has 0 bridgehead atoms. The van der Waals surface area contributed by atoms with Gasteiger partial charge in [0.15, 0.2) is 5.96 Å². The van der Waals surface area contributed by atoms with E-state index in [2.05, 4.69) is 53.2 Å². The third-order valence-electron chi connectivity index (χ3n) is 6.01. The number of benzene rings is 1. The lowest BCUT2D eigenvalue weighted by molar-refractivity contribution is 0.157.